The van der Waals surface area contributed by atoms with Gasteiger partial charge >= 0.3 is 12.1 Å². The highest BCUT2D eigenvalue weighted by Gasteiger charge is 2.23. The minimum absolute atomic E-state index is 0.0882. The predicted octanol–water partition coefficient (Wildman–Crippen LogP) is 3.25. The van der Waals surface area contributed by atoms with Crippen LogP contribution >= 0.6 is 0 Å². The van der Waals surface area contributed by atoms with Crippen molar-refractivity contribution in [1.82, 2.24) is 5.32 Å². The zero-order valence-electron chi connectivity index (χ0n) is 13.9. The highest BCUT2D eigenvalue weighted by molar-refractivity contribution is 5.81. The fraction of sp³-hybridized carbons (Fsp3) is 0.200. The van der Waals surface area contributed by atoms with E-state index in [1.54, 1.807) is 0 Å². The first-order valence-corrected chi connectivity index (χ1v) is 7.97. The summed E-state index contributed by atoms with van der Waals surface area (Å²) in [5.41, 5.74) is 1.78. The van der Waals surface area contributed by atoms with E-state index in [2.05, 4.69) is 11.9 Å². The molecule has 0 heterocycles. The van der Waals surface area contributed by atoms with Crippen molar-refractivity contribution in [2.45, 2.75) is 19.1 Å². The largest absolute Gasteiger partial charge is 0.460 e. The van der Waals surface area contributed by atoms with Crippen molar-refractivity contribution < 1.29 is 19.1 Å². The first kappa shape index (κ1) is 18.3. The summed E-state index contributed by atoms with van der Waals surface area (Å²) >= 11 is 0. The number of nitrogens with one attached hydrogen (secondary N) is 1. The average Bonchev–Trinajstić information content (AvgIpc) is 2.65. The Balaban J connectivity index is 1.95. The Kier molecular flexibility index (Phi) is 7.25. The number of carbonyl (C=O) groups is 2. The third-order valence-electron chi connectivity index (χ3n) is 3.42. The van der Waals surface area contributed by atoms with Gasteiger partial charge in [-0.25, -0.2) is 9.59 Å². The summed E-state index contributed by atoms with van der Waals surface area (Å²) in [5.74, 6) is -0.527. The number of carbonyl (C=O) groups excluding carboxylic acids is 2. The maximum atomic E-state index is 12.2. The molecule has 130 valence electrons. The molecule has 1 amide bonds. The second kappa shape index (κ2) is 9.93. The van der Waals surface area contributed by atoms with Crippen molar-refractivity contribution in [3.8, 4) is 0 Å². The van der Waals surface area contributed by atoms with Crippen molar-refractivity contribution >= 4 is 12.1 Å². The van der Waals surface area contributed by atoms with Crippen molar-refractivity contribution in [2.75, 3.05) is 6.61 Å². The molecule has 0 radical (unpaired) electrons. The van der Waals surface area contributed by atoms with Gasteiger partial charge in [0, 0.05) is 6.42 Å². The zero-order valence-corrected chi connectivity index (χ0v) is 13.9. The summed E-state index contributed by atoms with van der Waals surface area (Å²) in [4.78, 5) is 24.2. The molecule has 0 aliphatic carbocycles. The van der Waals surface area contributed by atoms with Gasteiger partial charge in [-0.05, 0) is 11.1 Å². The third kappa shape index (κ3) is 6.51. The molecule has 25 heavy (non-hydrogen) atoms. The van der Waals surface area contributed by atoms with Gasteiger partial charge in [-0.2, -0.15) is 0 Å². The molecule has 2 aromatic carbocycles. The van der Waals surface area contributed by atoms with E-state index >= 15 is 0 Å². The summed E-state index contributed by atoms with van der Waals surface area (Å²) in [7, 11) is 0. The van der Waals surface area contributed by atoms with Gasteiger partial charge in [-0.3, -0.25) is 0 Å². The Hall–Kier alpha value is -3.08. The fourth-order valence-corrected chi connectivity index (χ4v) is 2.19. The lowest BCUT2D eigenvalue weighted by molar-refractivity contribution is -0.144. The number of hydrogen-bond donors (Lipinski definition) is 1. The Morgan fingerprint density at radius 3 is 2.16 bits per heavy atom. The summed E-state index contributed by atoms with van der Waals surface area (Å²) in [5, 5.41) is 2.57. The lowest BCUT2D eigenvalue weighted by atomic mass is 10.1. The molecule has 0 aliphatic heterocycles. The Morgan fingerprint density at radius 1 is 0.960 bits per heavy atom. The normalized spacial score (nSPS) is 11.2. The van der Waals surface area contributed by atoms with Crippen LogP contribution in [0.15, 0.2) is 73.3 Å². The first-order chi connectivity index (χ1) is 12.2. The molecule has 0 spiro atoms. The van der Waals surface area contributed by atoms with Crippen LogP contribution in [-0.2, 0) is 27.3 Å². The molecule has 0 saturated heterocycles. The van der Waals surface area contributed by atoms with E-state index in [9.17, 15) is 9.59 Å². The van der Waals surface area contributed by atoms with Crippen molar-refractivity contribution in [3.05, 3.63) is 84.4 Å². The van der Waals surface area contributed by atoms with E-state index in [0.29, 0.717) is 6.42 Å². The first-order valence-electron chi connectivity index (χ1n) is 7.97. The Labute approximate surface area is 147 Å². The van der Waals surface area contributed by atoms with E-state index in [1.807, 2.05) is 60.7 Å². The van der Waals surface area contributed by atoms with Crippen LogP contribution in [0, 0.1) is 0 Å². The molecule has 5 heteroatoms. The minimum atomic E-state index is -0.828. The van der Waals surface area contributed by atoms with Crippen LogP contribution < -0.4 is 5.32 Å². The molecule has 1 atom stereocenters. The number of alkyl carbamates (subject to hydrolysis) is 1. The van der Waals surface area contributed by atoms with E-state index < -0.39 is 18.1 Å². The molecule has 0 fully saturated rings. The lowest BCUT2D eigenvalue weighted by Gasteiger charge is -2.17. The van der Waals surface area contributed by atoms with Gasteiger partial charge in [0.2, 0.25) is 0 Å². The SMILES string of the molecule is C=CCOC(=O)[C@H](Cc1ccccc1)NC(=O)OCc1ccccc1. The van der Waals surface area contributed by atoms with Crippen molar-refractivity contribution in [3.63, 3.8) is 0 Å². The zero-order chi connectivity index (χ0) is 17.9. The number of benzene rings is 2. The summed E-state index contributed by atoms with van der Waals surface area (Å²) in [6.45, 7) is 3.73. The molecule has 0 aromatic heterocycles. The minimum Gasteiger partial charge on any atom is -0.460 e. The molecule has 0 saturated carbocycles. The summed E-state index contributed by atoms with van der Waals surface area (Å²) in [6, 6.07) is 17.9. The summed E-state index contributed by atoms with van der Waals surface area (Å²) in [6.07, 6.45) is 1.13. The van der Waals surface area contributed by atoms with Gasteiger partial charge in [0.05, 0.1) is 0 Å². The van der Waals surface area contributed by atoms with Gasteiger partial charge in [-0.15, -0.1) is 0 Å². The fourth-order valence-electron chi connectivity index (χ4n) is 2.19. The molecular formula is C20H21NO4. The topological polar surface area (TPSA) is 64.6 Å². The highest BCUT2D eigenvalue weighted by Crippen LogP contribution is 2.06. The van der Waals surface area contributed by atoms with Crippen LogP contribution in [0.4, 0.5) is 4.79 Å². The van der Waals surface area contributed by atoms with E-state index in [1.165, 1.54) is 6.08 Å². The van der Waals surface area contributed by atoms with Gasteiger partial charge in [0.1, 0.15) is 19.3 Å². The molecule has 1 N–H and O–H groups in total. The standard InChI is InChI=1S/C20H21NO4/c1-2-13-24-19(22)18(14-16-9-5-3-6-10-16)21-20(23)25-15-17-11-7-4-8-12-17/h2-12,18H,1,13-15H2,(H,21,23)/t18-/m0/s1. The molecule has 0 aliphatic rings. The van der Waals surface area contributed by atoms with Crippen LogP contribution in [0.2, 0.25) is 0 Å². The van der Waals surface area contributed by atoms with Gasteiger partial charge in [0.15, 0.2) is 0 Å². The smallest absolute Gasteiger partial charge is 0.408 e. The molecule has 2 aromatic rings. The Bertz CT molecular complexity index is 685. The summed E-state index contributed by atoms with van der Waals surface area (Å²) < 4.78 is 10.2. The average molecular weight is 339 g/mol. The van der Waals surface area contributed by atoms with Gasteiger partial charge in [0.25, 0.3) is 0 Å². The second-order valence-corrected chi connectivity index (χ2v) is 5.37. The van der Waals surface area contributed by atoms with Crippen molar-refractivity contribution in [2.24, 2.45) is 0 Å². The van der Waals surface area contributed by atoms with Gasteiger partial charge in [-0.1, -0.05) is 73.3 Å². The molecule has 2 rings (SSSR count). The van der Waals surface area contributed by atoms with E-state index in [0.717, 1.165) is 11.1 Å². The number of ether oxygens (including phenoxy) is 2. The van der Waals surface area contributed by atoms with E-state index in [4.69, 9.17) is 9.47 Å². The third-order valence-corrected chi connectivity index (χ3v) is 3.42. The number of amides is 1. The van der Waals surface area contributed by atoms with Crippen LogP contribution in [-0.4, -0.2) is 24.7 Å². The number of esters is 1. The maximum Gasteiger partial charge on any atom is 0.408 e. The van der Waals surface area contributed by atoms with Crippen molar-refractivity contribution in [1.29, 1.82) is 0 Å². The second-order valence-electron chi connectivity index (χ2n) is 5.37. The molecule has 5 nitrogen and oxygen atoms in total. The monoisotopic (exact) mass is 339 g/mol. The predicted molar refractivity (Wildman–Crippen MR) is 94.9 cm³/mol. The molecule has 0 unspecified atom stereocenters. The van der Waals surface area contributed by atoms with Crippen LogP contribution in [0.3, 0.4) is 0 Å². The number of hydrogen-bond acceptors (Lipinski definition) is 4. The highest BCUT2D eigenvalue weighted by atomic mass is 16.6. The van der Waals surface area contributed by atoms with Gasteiger partial charge < -0.3 is 14.8 Å². The molecular weight excluding hydrogens is 318 g/mol. The van der Waals surface area contributed by atoms with E-state index in [-0.39, 0.29) is 13.2 Å². The quantitative estimate of drug-likeness (QED) is 0.592. The van der Waals surface area contributed by atoms with Crippen LogP contribution in [0.5, 0.6) is 0 Å². The molecule has 0 bridgehead atoms. The van der Waals surface area contributed by atoms with Crippen LogP contribution in [0.25, 0.3) is 0 Å². The van der Waals surface area contributed by atoms with Crippen LogP contribution in [0.1, 0.15) is 11.1 Å². The Morgan fingerprint density at radius 2 is 1.56 bits per heavy atom. The lowest BCUT2D eigenvalue weighted by Crippen LogP contribution is -2.43. The number of rotatable bonds is 8. The maximum absolute atomic E-state index is 12.2.